The summed E-state index contributed by atoms with van der Waals surface area (Å²) in [7, 11) is 0. The third-order valence-electron chi connectivity index (χ3n) is 4.24. The van der Waals surface area contributed by atoms with E-state index in [4.69, 9.17) is 5.73 Å². The fourth-order valence-electron chi connectivity index (χ4n) is 2.77. The van der Waals surface area contributed by atoms with Crippen molar-refractivity contribution in [1.29, 1.82) is 0 Å². The quantitative estimate of drug-likeness (QED) is 0.636. The van der Waals surface area contributed by atoms with Crippen LogP contribution in [0.25, 0.3) is 0 Å². The Balaban J connectivity index is 2.18. The van der Waals surface area contributed by atoms with Gasteiger partial charge in [0.05, 0.1) is 0 Å². The second kappa shape index (κ2) is 10.6. The van der Waals surface area contributed by atoms with Gasteiger partial charge in [0, 0.05) is 26.2 Å². The summed E-state index contributed by atoms with van der Waals surface area (Å²) in [5.41, 5.74) is 5.56. The standard InChI is InChI=1S/C15H34N4/c1-3-17(4-2)12-13-19-11-7-10-18(14-15-19)9-6-5-8-16/h3-16H2,1-2H3. The van der Waals surface area contributed by atoms with Gasteiger partial charge in [0.2, 0.25) is 0 Å². The average molecular weight is 270 g/mol. The van der Waals surface area contributed by atoms with Gasteiger partial charge in [0.25, 0.3) is 0 Å². The Morgan fingerprint density at radius 2 is 1.53 bits per heavy atom. The van der Waals surface area contributed by atoms with Crippen LogP contribution in [-0.2, 0) is 0 Å². The number of nitrogens with zero attached hydrogens (tertiary/aromatic N) is 3. The highest BCUT2D eigenvalue weighted by atomic mass is 15.2. The van der Waals surface area contributed by atoms with E-state index in [9.17, 15) is 0 Å². The lowest BCUT2D eigenvalue weighted by Crippen LogP contribution is -2.37. The molecule has 1 aliphatic heterocycles. The summed E-state index contributed by atoms with van der Waals surface area (Å²) in [5.74, 6) is 0. The summed E-state index contributed by atoms with van der Waals surface area (Å²) < 4.78 is 0. The van der Waals surface area contributed by atoms with E-state index in [1.165, 1.54) is 78.2 Å². The Morgan fingerprint density at radius 1 is 0.895 bits per heavy atom. The molecule has 4 nitrogen and oxygen atoms in total. The number of hydrogen-bond acceptors (Lipinski definition) is 4. The van der Waals surface area contributed by atoms with Crippen molar-refractivity contribution in [1.82, 2.24) is 14.7 Å². The van der Waals surface area contributed by atoms with Crippen LogP contribution in [0.3, 0.4) is 0 Å². The lowest BCUT2D eigenvalue weighted by Gasteiger charge is -2.25. The normalized spacial score (nSPS) is 18.9. The minimum atomic E-state index is 0.837. The van der Waals surface area contributed by atoms with Crippen LogP contribution >= 0.6 is 0 Å². The number of nitrogens with two attached hydrogens (primary N) is 1. The van der Waals surface area contributed by atoms with Crippen molar-refractivity contribution in [3.63, 3.8) is 0 Å². The highest BCUT2D eigenvalue weighted by Crippen LogP contribution is 2.04. The Labute approximate surface area is 119 Å². The summed E-state index contributed by atoms with van der Waals surface area (Å²) in [6, 6.07) is 0. The zero-order chi connectivity index (χ0) is 13.9. The van der Waals surface area contributed by atoms with Gasteiger partial charge in [0.15, 0.2) is 0 Å². The molecular formula is C15H34N4. The maximum Gasteiger partial charge on any atom is 0.0110 e. The maximum atomic E-state index is 5.56. The van der Waals surface area contributed by atoms with Crippen LogP contribution in [0.1, 0.15) is 33.1 Å². The van der Waals surface area contributed by atoms with E-state index >= 15 is 0 Å². The summed E-state index contributed by atoms with van der Waals surface area (Å²) in [4.78, 5) is 7.78. The highest BCUT2D eigenvalue weighted by Gasteiger charge is 2.14. The molecule has 1 aliphatic rings. The maximum absolute atomic E-state index is 5.56. The van der Waals surface area contributed by atoms with Crippen molar-refractivity contribution in [2.75, 3.05) is 65.4 Å². The van der Waals surface area contributed by atoms with Gasteiger partial charge >= 0.3 is 0 Å². The van der Waals surface area contributed by atoms with E-state index in [0.717, 1.165) is 6.54 Å². The first-order valence-corrected chi connectivity index (χ1v) is 8.17. The first-order chi connectivity index (χ1) is 9.30. The second-order valence-corrected chi connectivity index (χ2v) is 5.56. The Kier molecular flexibility index (Phi) is 9.43. The van der Waals surface area contributed by atoms with E-state index in [-0.39, 0.29) is 0 Å². The fraction of sp³-hybridized carbons (Fsp3) is 1.00. The molecule has 4 heteroatoms. The first-order valence-electron chi connectivity index (χ1n) is 8.17. The number of unbranched alkanes of at least 4 members (excludes halogenated alkanes) is 1. The molecule has 0 atom stereocenters. The molecule has 1 heterocycles. The molecule has 114 valence electrons. The van der Waals surface area contributed by atoms with Crippen molar-refractivity contribution in [3.8, 4) is 0 Å². The highest BCUT2D eigenvalue weighted by molar-refractivity contribution is 4.71. The topological polar surface area (TPSA) is 35.7 Å². The van der Waals surface area contributed by atoms with Crippen LogP contribution in [0.15, 0.2) is 0 Å². The van der Waals surface area contributed by atoms with E-state index in [1.54, 1.807) is 0 Å². The Morgan fingerprint density at radius 3 is 2.11 bits per heavy atom. The van der Waals surface area contributed by atoms with E-state index < -0.39 is 0 Å². The lowest BCUT2D eigenvalue weighted by molar-refractivity contribution is 0.213. The van der Waals surface area contributed by atoms with Crippen molar-refractivity contribution in [3.05, 3.63) is 0 Å². The molecule has 0 spiro atoms. The summed E-state index contributed by atoms with van der Waals surface area (Å²) in [6.07, 6.45) is 3.75. The van der Waals surface area contributed by atoms with Crippen molar-refractivity contribution in [2.45, 2.75) is 33.1 Å². The lowest BCUT2D eigenvalue weighted by atomic mass is 10.3. The van der Waals surface area contributed by atoms with Gasteiger partial charge in [0.1, 0.15) is 0 Å². The van der Waals surface area contributed by atoms with Crippen LogP contribution in [-0.4, -0.2) is 80.1 Å². The monoisotopic (exact) mass is 270 g/mol. The molecule has 19 heavy (non-hydrogen) atoms. The predicted octanol–water partition coefficient (Wildman–Crippen LogP) is 1.07. The Bertz CT molecular complexity index is 206. The molecule has 0 aromatic rings. The van der Waals surface area contributed by atoms with Crippen molar-refractivity contribution < 1.29 is 0 Å². The molecule has 0 saturated carbocycles. The van der Waals surface area contributed by atoms with Crippen LogP contribution in [0.5, 0.6) is 0 Å². The molecule has 1 saturated heterocycles. The van der Waals surface area contributed by atoms with Gasteiger partial charge in [-0.2, -0.15) is 0 Å². The first kappa shape index (κ1) is 16.9. The largest absolute Gasteiger partial charge is 0.330 e. The minimum absolute atomic E-state index is 0.837. The molecular weight excluding hydrogens is 236 g/mol. The molecule has 2 N–H and O–H groups in total. The van der Waals surface area contributed by atoms with Gasteiger partial charge in [-0.3, -0.25) is 0 Å². The molecule has 0 bridgehead atoms. The molecule has 0 radical (unpaired) electrons. The van der Waals surface area contributed by atoms with Crippen LogP contribution in [0, 0.1) is 0 Å². The number of rotatable bonds is 9. The van der Waals surface area contributed by atoms with Gasteiger partial charge < -0.3 is 20.4 Å². The smallest absolute Gasteiger partial charge is 0.0110 e. The molecule has 1 fully saturated rings. The second-order valence-electron chi connectivity index (χ2n) is 5.56. The molecule has 0 aliphatic carbocycles. The number of hydrogen-bond donors (Lipinski definition) is 1. The molecule has 1 rings (SSSR count). The zero-order valence-corrected chi connectivity index (χ0v) is 13.1. The fourth-order valence-corrected chi connectivity index (χ4v) is 2.77. The third-order valence-corrected chi connectivity index (χ3v) is 4.24. The van der Waals surface area contributed by atoms with E-state index in [0.29, 0.717) is 0 Å². The summed E-state index contributed by atoms with van der Waals surface area (Å²) >= 11 is 0. The minimum Gasteiger partial charge on any atom is -0.330 e. The molecule has 0 aromatic heterocycles. The van der Waals surface area contributed by atoms with Crippen LogP contribution < -0.4 is 5.73 Å². The third kappa shape index (κ3) is 7.25. The van der Waals surface area contributed by atoms with Crippen LogP contribution in [0.4, 0.5) is 0 Å². The molecule has 0 aromatic carbocycles. The summed E-state index contributed by atoms with van der Waals surface area (Å²) in [5, 5.41) is 0. The van der Waals surface area contributed by atoms with Gasteiger partial charge in [-0.05, 0) is 58.5 Å². The van der Waals surface area contributed by atoms with Gasteiger partial charge in [-0.15, -0.1) is 0 Å². The summed E-state index contributed by atoms with van der Waals surface area (Å²) in [6.45, 7) is 16.4. The average Bonchev–Trinajstić information content (AvgIpc) is 2.66. The zero-order valence-electron chi connectivity index (χ0n) is 13.1. The van der Waals surface area contributed by atoms with Crippen LogP contribution in [0.2, 0.25) is 0 Å². The Hall–Kier alpha value is -0.160. The predicted molar refractivity (Wildman–Crippen MR) is 83.6 cm³/mol. The molecule has 0 amide bonds. The van der Waals surface area contributed by atoms with E-state index in [1.807, 2.05) is 0 Å². The van der Waals surface area contributed by atoms with Gasteiger partial charge in [-0.25, -0.2) is 0 Å². The van der Waals surface area contributed by atoms with Gasteiger partial charge in [-0.1, -0.05) is 13.8 Å². The van der Waals surface area contributed by atoms with Crippen molar-refractivity contribution >= 4 is 0 Å². The van der Waals surface area contributed by atoms with E-state index in [2.05, 4.69) is 28.5 Å². The number of likely N-dealkylation sites (N-methyl/N-ethyl adjacent to an activating group) is 1. The molecule has 0 unspecified atom stereocenters. The van der Waals surface area contributed by atoms with Crippen molar-refractivity contribution in [2.24, 2.45) is 5.73 Å². The SMILES string of the molecule is CCN(CC)CCN1CCCN(CCCCN)CC1.